The van der Waals surface area contributed by atoms with E-state index in [1.807, 2.05) is 0 Å². The summed E-state index contributed by atoms with van der Waals surface area (Å²) < 4.78 is 3.21. The van der Waals surface area contributed by atoms with Crippen LogP contribution < -0.4 is 16.2 Å². The molecule has 0 unspecified atom stereocenters. The Morgan fingerprint density at radius 2 is 2.12 bits per heavy atom. The zero-order valence-electron chi connectivity index (χ0n) is 17.6. The number of nitrogens with zero attached hydrogens (tertiary/aromatic N) is 5. The summed E-state index contributed by atoms with van der Waals surface area (Å²) in [6.07, 6.45) is 5.73. The number of pyridine rings is 1. The Bertz CT molecular complexity index is 1390. The zero-order chi connectivity index (χ0) is 22.2. The van der Waals surface area contributed by atoms with Crippen LogP contribution in [-0.2, 0) is 19.5 Å². The predicted molar refractivity (Wildman–Crippen MR) is 126 cm³/mol. The fraction of sp³-hybridized carbons (Fsp3) is 0.217. The number of allylic oxidation sites excluding steroid dienone is 1. The highest BCUT2D eigenvalue weighted by Gasteiger charge is 2.18. The van der Waals surface area contributed by atoms with E-state index < -0.39 is 0 Å². The molecule has 1 aliphatic heterocycles. The molecule has 2 N–H and O–H groups in total. The molecule has 4 aromatic rings. The van der Waals surface area contributed by atoms with Crippen LogP contribution in [0.2, 0.25) is 5.02 Å². The van der Waals surface area contributed by atoms with Gasteiger partial charge in [0.1, 0.15) is 5.39 Å². The molecule has 0 aliphatic carbocycles. The molecule has 1 aromatic carbocycles. The smallest absolute Gasteiger partial charge is 0.278 e. The number of anilines is 2. The van der Waals surface area contributed by atoms with Crippen LogP contribution in [0.4, 0.5) is 11.6 Å². The largest absolute Gasteiger partial charge is 0.324 e. The third-order valence-electron chi connectivity index (χ3n) is 5.59. The summed E-state index contributed by atoms with van der Waals surface area (Å²) in [7, 11) is 0. The van der Waals surface area contributed by atoms with Gasteiger partial charge in [-0.15, -0.1) is 6.58 Å². The second-order valence-corrected chi connectivity index (χ2v) is 8.18. The van der Waals surface area contributed by atoms with Crippen molar-refractivity contribution < 1.29 is 0 Å². The van der Waals surface area contributed by atoms with Crippen molar-refractivity contribution >= 4 is 34.3 Å². The van der Waals surface area contributed by atoms with Gasteiger partial charge in [0.05, 0.1) is 11.6 Å². The number of aryl methyl sites for hydroxylation is 1. The molecule has 0 radical (unpaired) electrons. The van der Waals surface area contributed by atoms with Gasteiger partial charge in [0.15, 0.2) is 11.5 Å². The summed E-state index contributed by atoms with van der Waals surface area (Å²) in [6, 6.07) is 7.83. The maximum Gasteiger partial charge on any atom is 0.278 e. The topological polar surface area (TPSA) is 89.7 Å². The van der Waals surface area contributed by atoms with Crippen molar-refractivity contribution in [2.75, 3.05) is 11.9 Å². The third-order valence-corrected chi connectivity index (χ3v) is 5.81. The monoisotopic (exact) mass is 447 g/mol. The quantitative estimate of drug-likeness (QED) is 0.455. The normalized spacial score (nSPS) is 13.2. The molecule has 32 heavy (non-hydrogen) atoms. The fourth-order valence-electron chi connectivity index (χ4n) is 4.01. The summed E-state index contributed by atoms with van der Waals surface area (Å²) in [4.78, 5) is 26.5. The van der Waals surface area contributed by atoms with Gasteiger partial charge in [0.25, 0.3) is 5.56 Å². The van der Waals surface area contributed by atoms with E-state index in [1.54, 1.807) is 29.1 Å². The maximum atomic E-state index is 13.0. The zero-order valence-corrected chi connectivity index (χ0v) is 18.4. The first-order chi connectivity index (χ1) is 15.5. The molecule has 0 bridgehead atoms. The van der Waals surface area contributed by atoms with Gasteiger partial charge in [-0.3, -0.25) is 4.79 Å². The number of halogens is 1. The molecule has 8 nitrogen and oxygen atoms in total. The molecule has 3 aromatic heterocycles. The molecule has 0 spiro atoms. The summed E-state index contributed by atoms with van der Waals surface area (Å²) in [6.45, 7) is 7.98. The standard InChI is InChI=1S/C23H22ClN7O/c1-3-8-30-22(32)18-13-27-23(29-21(18)31(30)20-5-4-17(24)12-26-20)28-19-10-15-6-7-25-11-16(15)9-14(19)2/h3-5,9-10,12-13,25H,1,6-8,11H2,2H3,(H,27,28,29). The van der Waals surface area contributed by atoms with Crippen molar-refractivity contribution in [1.82, 2.24) is 29.6 Å². The molecule has 0 saturated heterocycles. The van der Waals surface area contributed by atoms with Gasteiger partial charge < -0.3 is 10.6 Å². The molecule has 1 aliphatic rings. The number of hydrogen-bond donors (Lipinski definition) is 2. The summed E-state index contributed by atoms with van der Waals surface area (Å²) in [5.74, 6) is 0.943. The minimum atomic E-state index is -0.208. The van der Waals surface area contributed by atoms with E-state index in [1.165, 1.54) is 22.0 Å². The Morgan fingerprint density at radius 3 is 2.91 bits per heavy atom. The van der Waals surface area contributed by atoms with Crippen molar-refractivity contribution in [3.63, 3.8) is 0 Å². The average molecular weight is 448 g/mol. The predicted octanol–water partition coefficient (Wildman–Crippen LogP) is 3.51. The van der Waals surface area contributed by atoms with Gasteiger partial charge in [-0.25, -0.2) is 19.3 Å². The van der Waals surface area contributed by atoms with Crippen LogP contribution >= 0.6 is 11.6 Å². The first-order valence-electron chi connectivity index (χ1n) is 10.4. The van der Waals surface area contributed by atoms with Crippen LogP contribution in [0.3, 0.4) is 0 Å². The van der Waals surface area contributed by atoms with E-state index in [9.17, 15) is 4.79 Å². The van der Waals surface area contributed by atoms with E-state index in [0.717, 1.165) is 30.8 Å². The Kier molecular flexibility index (Phi) is 5.24. The van der Waals surface area contributed by atoms with Crippen molar-refractivity contribution in [1.29, 1.82) is 0 Å². The van der Waals surface area contributed by atoms with E-state index in [0.29, 0.717) is 34.4 Å². The highest BCUT2D eigenvalue weighted by atomic mass is 35.5. The highest BCUT2D eigenvalue weighted by molar-refractivity contribution is 6.30. The van der Waals surface area contributed by atoms with Gasteiger partial charge in [-0.1, -0.05) is 23.7 Å². The van der Waals surface area contributed by atoms with Gasteiger partial charge in [0, 0.05) is 24.6 Å². The first-order valence-corrected chi connectivity index (χ1v) is 10.7. The number of fused-ring (bicyclic) bond motifs is 2. The second-order valence-electron chi connectivity index (χ2n) is 7.74. The molecular weight excluding hydrogens is 426 g/mol. The molecule has 0 saturated carbocycles. The summed E-state index contributed by atoms with van der Waals surface area (Å²) >= 11 is 6.01. The lowest BCUT2D eigenvalue weighted by atomic mass is 9.97. The molecule has 5 rings (SSSR count). The van der Waals surface area contributed by atoms with Crippen molar-refractivity contribution in [3.05, 3.63) is 81.4 Å². The molecule has 0 atom stereocenters. The molecule has 162 valence electrons. The lowest BCUT2D eigenvalue weighted by Gasteiger charge is -2.20. The van der Waals surface area contributed by atoms with E-state index >= 15 is 0 Å². The maximum absolute atomic E-state index is 13.0. The number of aromatic nitrogens is 5. The van der Waals surface area contributed by atoms with E-state index in [-0.39, 0.29) is 5.56 Å². The van der Waals surface area contributed by atoms with Crippen molar-refractivity contribution in [2.45, 2.75) is 26.4 Å². The minimum Gasteiger partial charge on any atom is -0.324 e. The molecule has 0 amide bonds. The Hall–Kier alpha value is -3.49. The van der Waals surface area contributed by atoms with Crippen LogP contribution in [0.25, 0.3) is 16.9 Å². The van der Waals surface area contributed by atoms with Crippen LogP contribution in [0, 0.1) is 6.92 Å². The first kappa shape index (κ1) is 20.4. The third kappa shape index (κ3) is 3.57. The minimum absolute atomic E-state index is 0.208. The van der Waals surface area contributed by atoms with Crippen LogP contribution in [-0.4, -0.2) is 30.9 Å². The Balaban J connectivity index is 1.62. The van der Waals surface area contributed by atoms with E-state index in [2.05, 4.69) is 51.2 Å². The Labute approximate surface area is 189 Å². The van der Waals surface area contributed by atoms with Crippen LogP contribution in [0.5, 0.6) is 0 Å². The van der Waals surface area contributed by atoms with Crippen molar-refractivity contribution in [3.8, 4) is 5.82 Å². The number of rotatable bonds is 5. The summed E-state index contributed by atoms with van der Waals surface area (Å²) in [5, 5.41) is 7.65. The molecular formula is C23H22ClN7O. The highest BCUT2D eigenvalue weighted by Crippen LogP contribution is 2.26. The van der Waals surface area contributed by atoms with Crippen LogP contribution in [0.1, 0.15) is 16.7 Å². The summed E-state index contributed by atoms with van der Waals surface area (Å²) in [5.41, 5.74) is 4.95. The Morgan fingerprint density at radius 1 is 1.25 bits per heavy atom. The number of hydrogen-bond acceptors (Lipinski definition) is 6. The fourth-order valence-corrected chi connectivity index (χ4v) is 4.12. The average Bonchev–Trinajstić information content (AvgIpc) is 3.06. The van der Waals surface area contributed by atoms with Gasteiger partial charge in [-0.2, -0.15) is 4.98 Å². The number of nitrogens with one attached hydrogen (secondary N) is 2. The number of benzene rings is 1. The SMILES string of the molecule is C=CCn1c(=O)c2cnc(Nc3cc4c(cc3C)CNCC4)nc2n1-c1ccc(Cl)cn1. The van der Waals surface area contributed by atoms with Crippen molar-refractivity contribution in [2.24, 2.45) is 0 Å². The van der Waals surface area contributed by atoms with E-state index in [4.69, 9.17) is 11.6 Å². The van der Waals surface area contributed by atoms with Crippen LogP contribution in [0.15, 0.2) is 54.1 Å². The second kappa shape index (κ2) is 8.22. The van der Waals surface area contributed by atoms with Gasteiger partial charge in [0.2, 0.25) is 5.95 Å². The molecule has 9 heteroatoms. The lowest BCUT2D eigenvalue weighted by molar-refractivity contribution is 0.597. The van der Waals surface area contributed by atoms with Gasteiger partial charge >= 0.3 is 0 Å². The molecule has 0 fully saturated rings. The lowest BCUT2D eigenvalue weighted by Crippen LogP contribution is -2.23. The van der Waals surface area contributed by atoms with Gasteiger partial charge in [-0.05, 0) is 54.8 Å². The molecule has 4 heterocycles.